The summed E-state index contributed by atoms with van der Waals surface area (Å²) in [6.45, 7) is 0.0773. The Kier molecular flexibility index (Phi) is 4.41. The van der Waals surface area contributed by atoms with E-state index < -0.39 is 10.0 Å². The molecule has 3 rings (SSSR count). The Morgan fingerprint density at radius 2 is 1.96 bits per heavy atom. The molecular formula is C16H16N2O5S. The molecule has 2 N–H and O–H groups in total. The summed E-state index contributed by atoms with van der Waals surface area (Å²) in [5.74, 6) is 0.911. The fraction of sp³-hybridized carbons (Fsp3) is 0.188. The third kappa shape index (κ3) is 3.50. The number of hydrogen-bond donors (Lipinski definition) is 2. The molecule has 2 aromatic carbocycles. The van der Waals surface area contributed by atoms with Crippen LogP contribution in [-0.4, -0.2) is 28.0 Å². The first-order valence-corrected chi connectivity index (χ1v) is 8.65. The van der Waals surface area contributed by atoms with Crippen LogP contribution in [0.3, 0.4) is 0 Å². The van der Waals surface area contributed by atoms with Crippen molar-refractivity contribution in [3.63, 3.8) is 0 Å². The number of ether oxygens (including phenoxy) is 2. The number of carbonyl (C=O) groups excluding carboxylic acids is 1. The maximum absolute atomic E-state index is 12.3. The predicted molar refractivity (Wildman–Crippen MR) is 87.6 cm³/mol. The Morgan fingerprint density at radius 3 is 2.67 bits per heavy atom. The summed E-state index contributed by atoms with van der Waals surface area (Å²) in [6, 6.07) is 11.2. The summed E-state index contributed by atoms with van der Waals surface area (Å²) in [6.07, 6.45) is 0. The predicted octanol–water partition coefficient (Wildman–Crippen LogP) is 1.50. The summed E-state index contributed by atoms with van der Waals surface area (Å²) in [5, 5.41) is 2.69. The van der Waals surface area contributed by atoms with Gasteiger partial charge >= 0.3 is 0 Å². The Hall–Kier alpha value is -2.58. The Morgan fingerprint density at radius 1 is 1.21 bits per heavy atom. The molecule has 0 saturated heterocycles. The lowest BCUT2D eigenvalue weighted by Gasteiger charge is -2.18. The van der Waals surface area contributed by atoms with Gasteiger partial charge in [0, 0.05) is 6.54 Å². The van der Waals surface area contributed by atoms with Crippen molar-refractivity contribution in [3.05, 3.63) is 48.0 Å². The molecule has 1 heterocycles. The Bertz CT molecular complexity index is 863. The highest BCUT2D eigenvalue weighted by Crippen LogP contribution is 2.28. The molecular weight excluding hydrogens is 332 g/mol. The van der Waals surface area contributed by atoms with Crippen molar-refractivity contribution in [2.24, 2.45) is 0 Å². The van der Waals surface area contributed by atoms with Gasteiger partial charge in [-0.25, -0.2) is 13.1 Å². The molecule has 0 unspecified atom stereocenters. The minimum atomic E-state index is -3.64. The summed E-state index contributed by atoms with van der Waals surface area (Å²) >= 11 is 0. The largest absolute Gasteiger partial charge is 0.497 e. The second-order valence-electron chi connectivity index (χ2n) is 5.17. The van der Waals surface area contributed by atoms with Crippen molar-refractivity contribution in [2.75, 3.05) is 19.0 Å². The van der Waals surface area contributed by atoms with E-state index in [2.05, 4.69) is 10.0 Å². The highest BCUT2D eigenvalue weighted by atomic mass is 32.2. The van der Waals surface area contributed by atoms with Crippen LogP contribution in [0.4, 0.5) is 5.69 Å². The van der Waals surface area contributed by atoms with E-state index in [-0.39, 0.29) is 24.0 Å². The van der Waals surface area contributed by atoms with Crippen molar-refractivity contribution < 1.29 is 22.7 Å². The van der Waals surface area contributed by atoms with Crippen LogP contribution >= 0.6 is 0 Å². The van der Waals surface area contributed by atoms with E-state index in [1.807, 2.05) is 0 Å². The third-order valence-corrected chi connectivity index (χ3v) is 4.93. The molecule has 1 aliphatic heterocycles. The van der Waals surface area contributed by atoms with Gasteiger partial charge < -0.3 is 14.8 Å². The molecule has 126 valence electrons. The number of rotatable bonds is 5. The van der Waals surface area contributed by atoms with E-state index >= 15 is 0 Å². The van der Waals surface area contributed by atoms with Crippen LogP contribution in [0, 0.1) is 0 Å². The number of methoxy groups -OCH3 is 1. The molecule has 8 heteroatoms. The third-order valence-electron chi connectivity index (χ3n) is 3.51. The SMILES string of the molecule is COc1ccc(S(=O)(=O)NCc2ccc3c(c2)NC(=O)CO3)cc1. The molecule has 0 fully saturated rings. The molecule has 0 radical (unpaired) electrons. The van der Waals surface area contributed by atoms with Crippen LogP contribution < -0.4 is 19.5 Å². The smallest absolute Gasteiger partial charge is 0.262 e. The van der Waals surface area contributed by atoms with Crippen molar-refractivity contribution >= 4 is 21.6 Å². The molecule has 24 heavy (non-hydrogen) atoms. The van der Waals surface area contributed by atoms with Crippen LogP contribution in [0.25, 0.3) is 0 Å². The maximum atomic E-state index is 12.3. The minimum Gasteiger partial charge on any atom is -0.497 e. The number of carbonyl (C=O) groups is 1. The molecule has 0 bridgehead atoms. The molecule has 0 spiro atoms. The number of nitrogens with one attached hydrogen (secondary N) is 2. The molecule has 1 amide bonds. The van der Waals surface area contributed by atoms with Gasteiger partial charge in [-0.05, 0) is 42.0 Å². The zero-order valence-corrected chi connectivity index (χ0v) is 13.7. The van der Waals surface area contributed by atoms with Crippen LogP contribution in [0.1, 0.15) is 5.56 Å². The van der Waals surface area contributed by atoms with Gasteiger partial charge in [0.2, 0.25) is 10.0 Å². The normalized spacial score (nSPS) is 13.6. The highest BCUT2D eigenvalue weighted by molar-refractivity contribution is 7.89. The fourth-order valence-electron chi connectivity index (χ4n) is 2.26. The van der Waals surface area contributed by atoms with E-state index in [0.717, 1.165) is 0 Å². The average Bonchev–Trinajstić information content (AvgIpc) is 2.59. The molecule has 0 saturated carbocycles. The first-order valence-electron chi connectivity index (χ1n) is 7.17. The maximum Gasteiger partial charge on any atom is 0.262 e. The molecule has 7 nitrogen and oxygen atoms in total. The summed E-state index contributed by atoms with van der Waals surface area (Å²) in [7, 11) is -2.13. The lowest BCUT2D eigenvalue weighted by molar-refractivity contribution is -0.118. The number of benzene rings is 2. The molecule has 0 atom stereocenters. The molecule has 0 aromatic heterocycles. The molecule has 1 aliphatic rings. The second-order valence-corrected chi connectivity index (χ2v) is 6.93. The zero-order valence-electron chi connectivity index (χ0n) is 12.9. The molecule has 2 aromatic rings. The van der Waals surface area contributed by atoms with Gasteiger partial charge in [0.25, 0.3) is 5.91 Å². The minimum absolute atomic E-state index is 0.0174. The monoisotopic (exact) mass is 348 g/mol. The van der Waals surface area contributed by atoms with E-state index in [9.17, 15) is 13.2 Å². The Balaban J connectivity index is 1.72. The summed E-state index contributed by atoms with van der Waals surface area (Å²) < 4.78 is 37.4. The van der Waals surface area contributed by atoms with E-state index in [1.165, 1.54) is 19.2 Å². The second kappa shape index (κ2) is 6.50. The topological polar surface area (TPSA) is 93.7 Å². The van der Waals surface area contributed by atoms with Crippen LogP contribution in [-0.2, 0) is 21.4 Å². The first-order chi connectivity index (χ1) is 11.5. The van der Waals surface area contributed by atoms with Gasteiger partial charge in [-0.15, -0.1) is 0 Å². The lowest BCUT2D eigenvalue weighted by atomic mass is 10.1. The van der Waals surface area contributed by atoms with Gasteiger partial charge in [-0.1, -0.05) is 6.07 Å². The summed E-state index contributed by atoms with van der Waals surface area (Å²) in [4.78, 5) is 11.5. The van der Waals surface area contributed by atoms with Crippen LogP contribution in [0.2, 0.25) is 0 Å². The Labute approximate surface area is 139 Å². The standard InChI is InChI=1S/C16H16N2O5S/c1-22-12-3-5-13(6-4-12)24(20,21)17-9-11-2-7-15-14(8-11)18-16(19)10-23-15/h2-8,17H,9-10H2,1H3,(H,18,19). The van der Waals surface area contributed by atoms with Gasteiger partial charge in [0.05, 0.1) is 17.7 Å². The first kappa shape index (κ1) is 16.3. The number of fused-ring (bicyclic) bond motifs is 1. The zero-order chi connectivity index (χ0) is 17.2. The van der Waals surface area contributed by atoms with Gasteiger partial charge in [0.15, 0.2) is 6.61 Å². The van der Waals surface area contributed by atoms with Crippen LogP contribution in [0.5, 0.6) is 11.5 Å². The fourth-order valence-corrected chi connectivity index (χ4v) is 3.27. The van der Waals surface area contributed by atoms with Gasteiger partial charge in [-0.3, -0.25) is 4.79 Å². The number of sulfonamides is 1. The lowest BCUT2D eigenvalue weighted by Crippen LogP contribution is -2.26. The quantitative estimate of drug-likeness (QED) is 0.854. The summed E-state index contributed by atoms with van der Waals surface area (Å²) in [5.41, 5.74) is 1.24. The van der Waals surface area contributed by atoms with Crippen molar-refractivity contribution in [2.45, 2.75) is 11.4 Å². The molecule has 0 aliphatic carbocycles. The average molecular weight is 348 g/mol. The van der Waals surface area contributed by atoms with Crippen molar-refractivity contribution in [1.29, 1.82) is 0 Å². The van der Waals surface area contributed by atoms with Crippen molar-refractivity contribution in [1.82, 2.24) is 4.72 Å². The van der Waals surface area contributed by atoms with Gasteiger partial charge in [0.1, 0.15) is 11.5 Å². The van der Waals surface area contributed by atoms with E-state index in [1.54, 1.807) is 30.3 Å². The van der Waals surface area contributed by atoms with Crippen LogP contribution in [0.15, 0.2) is 47.4 Å². The number of hydrogen-bond acceptors (Lipinski definition) is 5. The van der Waals surface area contributed by atoms with E-state index in [0.29, 0.717) is 22.7 Å². The number of anilines is 1. The van der Waals surface area contributed by atoms with Crippen molar-refractivity contribution in [3.8, 4) is 11.5 Å². The number of amides is 1. The van der Waals surface area contributed by atoms with E-state index in [4.69, 9.17) is 9.47 Å². The van der Waals surface area contributed by atoms with Gasteiger partial charge in [-0.2, -0.15) is 0 Å². The highest BCUT2D eigenvalue weighted by Gasteiger charge is 2.17.